The second-order valence-corrected chi connectivity index (χ2v) is 11.8. The molecule has 0 saturated carbocycles. The Bertz CT molecular complexity index is 1430. The maximum atomic E-state index is 14.0. The van der Waals surface area contributed by atoms with Crippen LogP contribution in [0.15, 0.2) is 77.7 Å². The van der Waals surface area contributed by atoms with E-state index in [9.17, 15) is 18.0 Å². The fourth-order valence-electron chi connectivity index (χ4n) is 4.14. The van der Waals surface area contributed by atoms with Gasteiger partial charge in [0.2, 0.25) is 11.8 Å². The third kappa shape index (κ3) is 7.41. The summed E-state index contributed by atoms with van der Waals surface area (Å²) in [6.45, 7) is 8.96. The van der Waals surface area contributed by atoms with Gasteiger partial charge in [0.05, 0.1) is 17.7 Å². The molecule has 3 rings (SSSR count). The minimum atomic E-state index is -4.10. The fourth-order valence-corrected chi connectivity index (χ4v) is 5.57. The Kier molecular flexibility index (Phi) is 10.3. The highest BCUT2D eigenvalue weighted by molar-refractivity contribution is 7.92. The van der Waals surface area contributed by atoms with Crippen molar-refractivity contribution in [2.45, 2.75) is 64.6 Å². The summed E-state index contributed by atoms with van der Waals surface area (Å²) in [4.78, 5) is 28.7. The highest BCUT2D eigenvalue weighted by Gasteiger charge is 2.33. The van der Waals surface area contributed by atoms with Crippen LogP contribution in [0.25, 0.3) is 0 Å². The lowest BCUT2D eigenvalue weighted by Crippen LogP contribution is -2.52. The number of rotatable bonds is 12. The minimum Gasteiger partial charge on any atom is -0.497 e. The van der Waals surface area contributed by atoms with Crippen LogP contribution in [0.5, 0.6) is 5.75 Å². The maximum Gasteiger partial charge on any atom is 0.264 e. The number of methoxy groups -OCH3 is 1. The Hall–Kier alpha value is -3.85. The largest absolute Gasteiger partial charge is 0.497 e. The van der Waals surface area contributed by atoms with E-state index >= 15 is 0 Å². The highest BCUT2D eigenvalue weighted by Crippen LogP contribution is 2.26. The van der Waals surface area contributed by atoms with Crippen LogP contribution in [0, 0.1) is 13.8 Å². The van der Waals surface area contributed by atoms with Crippen molar-refractivity contribution in [1.82, 2.24) is 10.2 Å². The van der Waals surface area contributed by atoms with Gasteiger partial charge in [-0.1, -0.05) is 43.3 Å². The smallest absolute Gasteiger partial charge is 0.264 e. The average molecular weight is 566 g/mol. The van der Waals surface area contributed by atoms with E-state index in [1.54, 1.807) is 56.5 Å². The van der Waals surface area contributed by atoms with Crippen molar-refractivity contribution in [2.24, 2.45) is 0 Å². The molecule has 0 aliphatic heterocycles. The van der Waals surface area contributed by atoms with E-state index in [0.29, 0.717) is 11.4 Å². The Morgan fingerprint density at radius 1 is 0.925 bits per heavy atom. The van der Waals surface area contributed by atoms with E-state index < -0.39 is 28.5 Å². The molecule has 1 N–H and O–H groups in total. The second-order valence-electron chi connectivity index (χ2n) is 9.96. The molecule has 0 spiro atoms. The molecule has 3 aromatic rings. The summed E-state index contributed by atoms with van der Waals surface area (Å²) in [5.41, 5.74) is 3.02. The second kappa shape index (κ2) is 13.5. The predicted molar refractivity (Wildman–Crippen MR) is 158 cm³/mol. The van der Waals surface area contributed by atoms with E-state index in [4.69, 9.17) is 4.74 Å². The van der Waals surface area contributed by atoms with Crippen LogP contribution in [0.3, 0.4) is 0 Å². The molecule has 0 aromatic heterocycles. The van der Waals surface area contributed by atoms with Crippen LogP contribution in [0.4, 0.5) is 5.69 Å². The number of nitrogens with zero attached hydrogens (tertiary/aromatic N) is 2. The number of hydrogen-bond acceptors (Lipinski definition) is 5. The summed E-state index contributed by atoms with van der Waals surface area (Å²) >= 11 is 0. The number of amides is 2. The van der Waals surface area contributed by atoms with Crippen molar-refractivity contribution in [3.63, 3.8) is 0 Å². The zero-order chi connectivity index (χ0) is 29.4. The Labute approximate surface area is 238 Å². The van der Waals surface area contributed by atoms with Gasteiger partial charge in [-0.2, -0.15) is 0 Å². The van der Waals surface area contributed by atoms with Crippen molar-refractivity contribution < 1.29 is 22.7 Å². The quantitative estimate of drug-likeness (QED) is 0.339. The summed E-state index contributed by atoms with van der Waals surface area (Å²) in [6.07, 6.45) is 0.734. The zero-order valence-corrected chi connectivity index (χ0v) is 24.9. The van der Waals surface area contributed by atoms with E-state index in [-0.39, 0.29) is 23.4 Å². The van der Waals surface area contributed by atoms with Crippen LogP contribution >= 0.6 is 0 Å². The predicted octanol–water partition coefficient (Wildman–Crippen LogP) is 4.84. The number of sulfonamides is 1. The number of carbonyl (C=O) groups is 2. The summed E-state index contributed by atoms with van der Waals surface area (Å²) < 4.78 is 34.2. The number of aryl methyl sites for hydroxylation is 2. The molecule has 2 amide bonds. The Balaban J connectivity index is 2.05. The van der Waals surface area contributed by atoms with Gasteiger partial charge in [0.25, 0.3) is 10.0 Å². The highest BCUT2D eigenvalue weighted by atomic mass is 32.2. The molecule has 0 unspecified atom stereocenters. The number of anilines is 1. The Morgan fingerprint density at radius 3 is 2.25 bits per heavy atom. The number of nitrogens with one attached hydrogen (secondary N) is 1. The van der Waals surface area contributed by atoms with Gasteiger partial charge in [0.15, 0.2) is 0 Å². The molecule has 0 bridgehead atoms. The molecule has 8 nitrogen and oxygen atoms in total. The molecule has 0 fully saturated rings. The van der Waals surface area contributed by atoms with Crippen molar-refractivity contribution >= 4 is 27.5 Å². The normalized spacial score (nSPS) is 12.8. The zero-order valence-electron chi connectivity index (χ0n) is 24.0. The lowest BCUT2D eigenvalue weighted by atomic mass is 10.1. The molecule has 2 atom stereocenters. The molecule has 40 heavy (non-hydrogen) atoms. The van der Waals surface area contributed by atoms with E-state index in [1.807, 2.05) is 45.9 Å². The summed E-state index contributed by atoms with van der Waals surface area (Å²) in [5.74, 6) is -0.202. The van der Waals surface area contributed by atoms with Gasteiger partial charge in [0.1, 0.15) is 18.3 Å². The fraction of sp³-hybridized carbons (Fsp3) is 0.355. The third-order valence-electron chi connectivity index (χ3n) is 7.04. The third-order valence-corrected chi connectivity index (χ3v) is 8.83. The van der Waals surface area contributed by atoms with Crippen LogP contribution in [0.2, 0.25) is 0 Å². The van der Waals surface area contributed by atoms with Crippen molar-refractivity contribution in [3.8, 4) is 5.75 Å². The van der Waals surface area contributed by atoms with E-state index in [2.05, 4.69) is 5.32 Å². The summed E-state index contributed by atoms with van der Waals surface area (Å²) in [5, 5.41) is 2.94. The molecule has 0 aliphatic rings. The van der Waals surface area contributed by atoms with Crippen LogP contribution < -0.4 is 14.4 Å². The van der Waals surface area contributed by atoms with Gasteiger partial charge in [0, 0.05) is 12.6 Å². The molecular weight excluding hydrogens is 526 g/mol. The minimum absolute atomic E-state index is 0.0722. The van der Waals surface area contributed by atoms with E-state index in [0.717, 1.165) is 27.4 Å². The molecule has 3 aromatic carbocycles. The van der Waals surface area contributed by atoms with Gasteiger partial charge in [-0.05, 0) is 87.2 Å². The van der Waals surface area contributed by atoms with E-state index in [1.165, 1.54) is 17.0 Å². The van der Waals surface area contributed by atoms with Gasteiger partial charge < -0.3 is 15.0 Å². The first-order chi connectivity index (χ1) is 19.0. The number of hydrogen-bond donors (Lipinski definition) is 1. The standard InChI is InChI=1S/C31H39N3O5S/c1-7-24(4)32-31(36)25(5)33(20-26-12-11-13-28(19-26)39-6)30(35)21-34(27-17-16-22(2)23(3)18-27)40(37,38)29-14-9-8-10-15-29/h8-19,24-25H,7,20-21H2,1-6H3,(H,32,36)/t24-,25-/m1/s1. The summed E-state index contributed by atoms with van der Waals surface area (Å²) in [7, 11) is -2.54. The number of benzene rings is 3. The molecule has 9 heteroatoms. The van der Waals surface area contributed by atoms with Gasteiger partial charge in [-0.25, -0.2) is 8.42 Å². The number of carbonyl (C=O) groups excluding carboxylic acids is 2. The topological polar surface area (TPSA) is 96.0 Å². The van der Waals surface area contributed by atoms with Crippen LogP contribution in [-0.2, 0) is 26.2 Å². The summed E-state index contributed by atoms with van der Waals surface area (Å²) in [6, 6.07) is 19.6. The van der Waals surface area contributed by atoms with Gasteiger partial charge in [-0.15, -0.1) is 0 Å². The molecular formula is C31H39N3O5S. The SMILES string of the molecule is CC[C@@H](C)NC(=O)[C@@H](C)N(Cc1cccc(OC)c1)C(=O)CN(c1ccc(C)c(C)c1)S(=O)(=O)c1ccccc1. The first-order valence-corrected chi connectivity index (χ1v) is 14.8. The molecule has 0 saturated heterocycles. The van der Waals surface area contributed by atoms with Crippen LogP contribution in [-0.4, -0.2) is 50.9 Å². The lowest BCUT2D eigenvalue weighted by Gasteiger charge is -2.32. The molecule has 214 valence electrons. The Morgan fingerprint density at radius 2 is 1.62 bits per heavy atom. The first-order valence-electron chi connectivity index (χ1n) is 13.4. The monoisotopic (exact) mass is 565 g/mol. The van der Waals surface area contributed by atoms with Gasteiger partial charge >= 0.3 is 0 Å². The van der Waals surface area contributed by atoms with Crippen molar-refractivity contribution in [2.75, 3.05) is 18.0 Å². The number of ether oxygens (including phenoxy) is 1. The average Bonchev–Trinajstić information content (AvgIpc) is 2.96. The van der Waals surface area contributed by atoms with Crippen molar-refractivity contribution in [1.29, 1.82) is 0 Å². The van der Waals surface area contributed by atoms with Gasteiger partial charge in [-0.3, -0.25) is 13.9 Å². The van der Waals surface area contributed by atoms with Crippen LogP contribution in [0.1, 0.15) is 43.9 Å². The molecule has 0 radical (unpaired) electrons. The van der Waals surface area contributed by atoms with Crippen molar-refractivity contribution in [3.05, 3.63) is 89.5 Å². The molecule has 0 aliphatic carbocycles. The molecule has 0 heterocycles. The first kappa shape index (κ1) is 30.7. The maximum absolute atomic E-state index is 14.0. The lowest BCUT2D eigenvalue weighted by molar-refractivity contribution is -0.139.